The Balaban J connectivity index is 1.38. The van der Waals surface area contributed by atoms with Gasteiger partial charge in [-0.3, -0.25) is 0 Å². The van der Waals surface area contributed by atoms with E-state index in [4.69, 9.17) is 0 Å². The molecule has 3 aliphatic rings. The molecule has 1 aliphatic carbocycles. The first-order chi connectivity index (χ1) is 8.42. The van der Waals surface area contributed by atoms with Gasteiger partial charge in [0.15, 0.2) is 0 Å². The summed E-state index contributed by atoms with van der Waals surface area (Å²) in [6, 6.07) is 0.981. The van der Waals surface area contributed by atoms with Gasteiger partial charge in [0, 0.05) is 6.04 Å². The van der Waals surface area contributed by atoms with Crippen molar-refractivity contribution in [2.75, 3.05) is 26.2 Å². The topological polar surface area (TPSA) is 15.3 Å². The highest BCUT2D eigenvalue weighted by molar-refractivity contribution is 4.84. The van der Waals surface area contributed by atoms with E-state index in [0.717, 1.165) is 17.9 Å². The second-order valence-corrected chi connectivity index (χ2v) is 6.49. The van der Waals surface area contributed by atoms with Gasteiger partial charge in [-0.25, -0.2) is 0 Å². The normalized spacial score (nSPS) is 30.4. The van der Waals surface area contributed by atoms with E-state index < -0.39 is 0 Å². The van der Waals surface area contributed by atoms with E-state index in [2.05, 4.69) is 10.2 Å². The quantitative estimate of drug-likeness (QED) is 0.810. The molecule has 0 atom stereocenters. The van der Waals surface area contributed by atoms with E-state index >= 15 is 0 Å². The number of likely N-dealkylation sites (tertiary alicyclic amines) is 1. The van der Waals surface area contributed by atoms with Crippen molar-refractivity contribution in [2.45, 2.75) is 57.4 Å². The van der Waals surface area contributed by atoms with E-state index in [-0.39, 0.29) is 0 Å². The Bertz CT molecular complexity index is 223. The number of piperidine rings is 2. The molecule has 0 unspecified atom stereocenters. The Morgan fingerprint density at radius 2 is 1.47 bits per heavy atom. The van der Waals surface area contributed by atoms with Crippen molar-refractivity contribution in [1.29, 1.82) is 0 Å². The fourth-order valence-electron chi connectivity index (χ4n) is 3.89. The third-order valence-corrected chi connectivity index (χ3v) is 5.37. The monoisotopic (exact) mass is 236 g/mol. The van der Waals surface area contributed by atoms with Crippen LogP contribution in [0.25, 0.3) is 0 Å². The van der Waals surface area contributed by atoms with Crippen LogP contribution in [0.5, 0.6) is 0 Å². The molecule has 2 aliphatic heterocycles. The molecule has 17 heavy (non-hydrogen) atoms. The third kappa shape index (κ3) is 3.03. The fraction of sp³-hybridized carbons (Fsp3) is 1.00. The number of hydrogen-bond donors (Lipinski definition) is 1. The second-order valence-electron chi connectivity index (χ2n) is 6.49. The lowest BCUT2D eigenvalue weighted by Gasteiger charge is -2.42. The molecule has 0 aromatic carbocycles. The van der Waals surface area contributed by atoms with Crippen LogP contribution >= 0.6 is 0 Å². The van der Waals surface area contributed by atoms with Crippen LogP contribution in [0.2, 0.25) is 0 Å². The molecule has 1 N–H and O–H groups in total. The Morgan fingerprint density at radius 1 is 0.824 bits per heavy atom. The van der Waals surface area contributed by atoms with E-state index in [1.54, 1.807) is 0 Å². The van der Waals surface area contributed by atoms with Gasteiger partial charge >= 0.3 is 0 Å². The standard InChI is InChI=1S/C15H28N2/c1-2-15(3-1)17-10-6-14(7-11-17)12-13-4-8-16-9-5-13/h13-16H,1-12H2. The maximum Gasteiger partial charge on any atom is 0.00952 e. The van der Waals surface area contributed by atoms with Crippen LogP contribution in [0.3, 0.4) is 0 Å². The molecule has 0 radical (unpaired) electrons. The predicted molar refractivity (Wildman–Crippen MR) is 72.1 cm³/mol. The van der Waals surface area contributed by atoms with Crippen molar-refractivity contribution in [3.05, 3.63) is 0 Å². The fourth-order valence-corrected chi connectivity index (χ4v) is 3.89. The van der Waals surface area contributed by atoms with Crippen molar-refractivity contribution in [3.8, 4) is 0 Å². The molecule has 2 nitrogen and oxygen atoms in total. The van der Waals surface area contributed by atoms with Crippen molar-refractivity contribution in [1.82, 2.24) is 10.2 Å². The van der Waals surface area contributed by atoms with Crippen LogP contribution in [0.15, 0.2) is 0 Å². The minimum atomic E-state index is 0.981. The molecule has 1 saturated carbocycles. The minimum absolute atomic E-state index is 0.981. The molecule has 3 rings (SSSR count). The van der Waals surface area contributed by atoms with E-state index in [9.17, 15) is 0 Å². The second kappa shape index (κ2) is 5.71. The third-order valence-electron chi connectivity index (χ3n) is 5.37. The maximum absolute atomic E-state index is 3.48. The average Bonchev–Trinajstić information content (AvgIpc) is 2.31. The Morgan fingerprint density at radius 3 is 2.06 bits per heavy atom. The van der Waals surface area contributed by atoms with E-state index in [0.29, 0.717) is 0 Å². The summed E-state index contributed by atoms with van der Waals surface area (Å²) in [5, 5.41) is 3.48. The summed E-state index contributed by atoms with van der Waals surface area (Å²) in [5.41, 5.74) is 0. The molecular formula is C15H28N2. The van der Waals surface area contributed by atoms with Crippen LogP contribution in [-0.4, -0.2) is 37.1 Å². The van der Waals surface area contributed by atoms with Crippen LogP contribution in [0.4, 0.5) is 0 Å². The zero-order valence-electron chi connectivity index (χ0n) is 11.2. The zero-order chi connectivity index (χ0) is 11.5. The number of nitrogens with one attached hydrogen (secondary N) is 1. The molecule has 0 amide bonds. The van der Waals surface area contributed by atoms with Crippen LogP contribution < -0.4 is 5.32 Å². The minimum Gasteiger partial charge on any atom is -0.317 e. The zero-order valence-corrected chi connectivity index (χ0v) is 11.2. The van der Waals surface area contributed by atoms with Gasteiger partial charge in [0.25, 0.3) is 0 Å². The van der Waals surface area contributed by atoms with Crippen molar-refractivity contribution in [2.24, 2.45) is 11.8 Å². The first-order valence-electron chi connectivity index (χ1n) is 7.86. The van der Waals surface area contributed by atoms with E-state index in [1.165, 1.54) is 77.5 Å². The lowest BCUT2D eigenvalue weighted by atomic mass is 9.82. The number of hydrogen-bond acceptors (Lipinski definition) is 2. The molecule has 3 fully saturated rings. The van der Waals surface area contributed by atoms with Gasteiger partial charge in [0.2, 0.25) is 0 Å². The molecule has 0 bridgehead atoms. The highest BCUT2D eigenvalue weighted by Crippen LogP contribution is 2.32. The van der Waals surface area contributed by atoms with Crippen molar-refractivity contribution >= 4 is 0 Å². The van der Waals surface area contributed by atoms with Gasteiger partial charge in [-0.2, -0.15) is 0 Å². The summed E-state index contributed by atoms with van der Waals surface area (Å²) in [7, 11) is 0. The van der Waals surface area contributed by atoms with Crippen LogP contribution in [0.1, 0.15) is 51.4 Å². The molecule has 0 spiro atoms. The van der Waals surface area contributed by atoms with Gasteiger partial charge in [0.05, 0.1) is 0 Å². The van der Waals surface area contributed by atoms with Crippen molar-refractivity contribution in [3.63, 3.8) is 0 Å². The molecule has 0 aromatic rings. The molecule has 2 heterocycles. The molecule has 2 heteroatoms. The van der Waals surface area contributed by atoms with Gasteiger partial charge in [-0.1, -0.05) is 6.42 Å². The average molecular weight is 236 g/mol. The molecule has 0 aromatic heterocycles. The Kier molecular flexibility index (Phi) is 4.02. The lowest BCUT2D eigenvalue weighted by Crippen LogP contribution is -2.45. The predicted octanol–water partition coefficient (Wildman–Crippen LogP) is 2.64. The van der Waals surface area contributed by atoms with Crippen LogP contribution in [0, 0.1) is 11.8 Å². The Hall–Kier alpha value is -0.0800. The Labute approximate surface area is 106 Å². The lowest BCUT2D eigenvalue weighted by molar-refractivity contribution is 0.0768. The summed E-state index contributed by atoms with van der Waals surface area (Å²) in [6.07, 6.45) is 11.8. The summed E-state index contributed by atoms with van der Waals surface area (Å²) in [5.74, 6) is 2.09. The molecule has 2 saturated heterocycles. The SMILES string of the molecule is C1CC(N2CCC(CC3CCNCC3)CC2)C1. The number of rotatable bonds is 3. The highest BCUT2D eigenvalue weighted by Gasteiger charge is 2.29. The highest BCUT2D eigenvalue weighted by atomic mass is 15.2. The van der Waals surface area contributed by atoms with Gasteiger partial charge < -0.3 is 10.2 Å². The first kappa shape index (κ1) is 12.0. The van der Waals surface area contributed by atoms with Crippen LogP contribution in [-0.2, 0) is 0 Å². The van der Waals surface area contributed by atoms with Gasteiger partial charge in [0.1, 0.15) is 0 Å². The summed E-state index contributed by atoms with van der Waals surface area (Å²) >= 11 is 0. The van der Waals surface area contributed by atoms with E-state index in [1.807, 2.05) is 0 Å². The molecule has 98 valence electrons. The van der Waals surface area contributed by atoms with Gasteiger partial charge in [-0.15, -0.1) is 0 Å². The molecular weight excluding hydrogens is 208 g/mol. The summed E-state index contributed by atoms with van der Waals surface area (Å²) in [4.78, 5) is 2.78. The first-order valence-corrected chi connectivity index (χ1v) is 7.86. The summed E-state index contributed by atoms with van der Waals surface area (Å²) in [6.45, 7) is 5.35. The largest absolute Gasteiger partial charge is 0.317 e. The summed E-state index contributed by atoms with van der Waals surface area (Å²) < 4.78 is 0. The smallest absolute Gasteiger partial charge is 0.00952 e. The number of nitrogens with zero attached hydrogens (tertiary/aromatic N) is 1. The van der Waals surface area contributed by atoms with Crippen molar-refractivity contribution < 1.29 is 0 Å². The maximum atomic E-state index is 3.48. The van der Waals surface area contributed by atoms with Gasteiger partial charge in [-0.05, 0) is 83.0 Å².